The fraction of sp³-hybridized carbons (Fsp3) is 0.294. The molecular formula is C17H20N2O2. The zero-order valence-electron chi connectivity index (χ0n) is 12.2. The third-order valence-electron chi connectivity index (χ3n) is 3.74. The normalized spacial score (nSPS) is 15.1. The van der Waals surface area contributed by atoms with E-state index < -0.39 is 11.9 Å². The predicted octanol–water partition coefficient (Wildman–Crippen LogP) is 2.87. The predicted molar refractivity (Wildman–Crippen MR) is 81.9 cm³/mol. The van der Waals surface area contributed by atoms with E-state index in [1.54, 1.807) is 19.3 Å². The van der Waals surface area contributed by atoms with E-state index in [9.17, 15) is 4.79 Å². The molecule has 2 N–H and O–H groups in total. The number of carbonyl (C=O) groups is 1. The molecule has 0 aliphatic rings. The van der Waals surface area contributed by atoms with Gasteiger partial charge in [0.05, 0.1) is 12.0 Å². The van der Waals surface area contributed by atoms with Crippen LogP contribution in [0.3, 0.4) is 0 Å². The van der Waals surface area contributed by atoms with Crippen molar-refractivity contribution in [3.8, 4) is 0 Å². The Morgan fingerprint density at radius 3 is 2.19 bits per heavy atom. The molecule has 3 unspecified atom stereocenters. The van der Waals surface area contributed by atoms with Crippen LogP contribution in [0, 0.1) is 5.92 Å². The van der Waals surface area contributed by atoms with Crippen LogP contribution < -0.4 is 5.32 Å². The molecule has 21 heavy (non-hydrogen) atoms. The van der Waals surface area contributed by atoms with Gasteiger partial charge in [-0.15, -0.1) is 0 Å². The van der Waals surface area contributed by atoms with Crippen molar-refractivity contribution in [2.45, 2.75) is 25.9 Å². The van der Waals surface area contributed by atoms with Crippen LogP contribution in [0.2, 0.25) is 0 Å². The molecule has 0 aliphatic carbocycles. The first-order valence-corrected chi connectivity index (χ1v) is 7.03. The number of pyridine rings is 1. The van der Waals surface area contributed by atoms with E-state index in [1.165, 1.54) is 0 Å². The van der Waals surface area contributed by atoms with E-state index in [2.05, 4.69) is 10.3 Å². The molecule has 4 nitrogen and oxygen atoms in total. The Balaban J connectivity index is 2.27. The minimum atomic E-state index is -0.795. The van der Waals surface area contributed by atoms with E-state index in [0.717, 1.165) is 11.1 Å². The highest BCUT2D eigenvalue weighted by Gasteiger charge is 2.23. The van der Waals surface area contributed by atoms with Crippen LogP contribution >= 0.6 is 0 Å². The van der Waals surface area contributed by atoms with Gasteiger partial charge in [0.15, 0.2) is 0 Å². The maximum atomic E-state index is 11.1. The number of hydrogen-bond acceptors (Lipinski definition) is 3. The van der Waals surface area contributed by atoms with Gasteiger partial charge in [-0.1, -0.05) is 37.3 Å². The van der Waals surface area contributed by atoms with Crippen molar-refractivity contribution in [1.82, 2.24) is 10.3 Å². The fourth-order valence-corrected chi connectivity index (χ4v) is 2.21. The van der Waals surface area contributed by atoms with Gasteiger partial charge in [-0.2, -0.15) is 0 Å². The van der Waals surface area contributed by atoms with Gasteiger partial charge in [0, 0.05) is 18.4 Å². The lowest BCUT2D eigenvalue weighted by Crippen LogP contribution is -2.39. The van der Waals surface area contributed by atoms with E-state index in [-0.39, 0.29) is 12.1 Å². The Morgan fingerprint density at radius 2 is 1.62 bits per heavy atom. The molecule has 0 fully saturated rings. The largest absolute Gasteiger partial charge is 0.481 e. The van der Waals surface area contributed by atoms with Crippen molar-refractivity contribution >= 4 is 5.97 Å². The molecule has 0 spiro atoms. The summed E-state index contributed by atoms with van der Waals surface area (Å²) in [6.07, 6.45) is 3.50. The topological polar surface area (TPSA) is 62.2 Å². The van der Waals surface area contributed by atoms with Crippen LogP contribution in [-0.4, -0.2) is 22.1 Å². The average molecular weight is 284 g/mol. The van der Waals surface area contributed by atoms with Crippen LogP contribution in [0.15, 0.2) is 54.9 Å². The standard InChI is InChI=1S/C17H20N2O2/c1-12(17(20)21)13(2)19-16(14-6-4-3-5-7-14)15-8-10-18-11-9-15/h3-13,16,19H,1-2H3,(H,20,21). The number of rotatable bonds is 6. The van der Waals surface area contributed by atoms with Gasteiger partial charge in [-0.05, 0) is 30.2 Å². The van der Waals surface area contributed by atoms with Crippen LogP contribution in [0.25, 0.3) is 0 Å². The van der Waals surface area contributed by atoms with Gasteiger partial charge in [0.1, 0.15) is 0 Å². The van der Waals surface area contributed by atoms with Crippen LogP contribution in [-0.2, 0) is 4.79 Å². The summed E-state index contributed by atoms with van der Waals surface area (Å²) in [5.41, 5.74) is 2.17. The lowest BCUT2D eigenvalue weighted by molar-refractivity contribution is -0.142. The molecule has 0 aliphatic heterocycles. The van der Waals surface area contributed by atoms with E-state index in [0.29, 0.717) is 0 Å². The smallest absolute Gasteiger partial charge is 0.307 e. The molecular weight excluding hydrogens is 264 g/mol. The van der Waals surface area contributed by atoms with Crippen LogP contribution in [0.4, 0.5) is 0 Å². The number of carboxylic acid groups (broad SMARTS) is 1. The maximum Gasteiger partial charge on any atom is 0.307 e. The van der Waals surface area contributed by atoms with Gasteiger partial charge in [0.2, 0.25) is 0 Å². The molecule has 0 saturated carbocycles. The summed E-state index contributed by atoms with van der Waals surface area (Å²) in [5.74, 6) is -1.26. The SMILES string of the molecule is CC(NC(c1ccccc1)c1ccncc1)C(C)C(=O)O. The van der Waals surface area contributed by atoms with E-state index in [1.807, 2.05) is 49.4 Å². The van der Waals surface area contributed by atoms with Crippen molar-refractivity contribution in [2.75, 3.05) is 0 Å². The first-order valence-electron chi connectivity index (χ1n) is 7.03. The van der Waals surface area contributed by atoms with Gasteiger partial charge in [-0.3, -0.25) is 9.78 Å². The molecule has 0 saturated heterocycles. The van der Waals surface area contributed by atoms with Crippen molar-refractivity contribution in [3.63, 3.8) is 0 Å². The molecule has 2 rings (SSSR count). The third-order valence-corrected chi connectivity index (χ3v) is 3.74. The Kier molecular flexibility index (Phi) is 5.06. The average Bonchev–Trinajstić information content (AvgIpc) is 2.53. The van der Waals surface area contributed by atoms with Crippen molar-refractivity contribution in [3.05, 3.63) is 66.0 Å². The lowest BCUT2D eigenvalue weighted by Gasteiger charge is -2.26. The molecule has 0 radical (unpaired) electrons. The Bertz CT molecular complexity index is 532. The minimum Gasteiger partial charge on any atom is -0.481 e. The zero-order valence-corrected chi connectivity index (χ0v) is 12.2. The van der Waals surface area contributed by atoms with E-state index in [4.69, 9.17) is 5.11 Å². The van der Waals surface area contributed by atoms with Crippen molar-refractivity contribution in [1.29, 1.82) is 0 Å². The van der Waals surface area contributed by atoms with Gasteiger partial charge in [0.25, 0.3) is 0 Å². The second-order valence-electron chi connectivity index (χ2n) is 5.21. The summed E-state index contributed by atoms with van der Waals surface area (Å²) >= 11 is 0. The molecule has 1 aromatic heterocycles. The number of aromatic nitrogens is 1. The third kappa shape index (κ3) is 3.89. The second-order valence-corrected chi connectivity index (χ2v) is 5.21. The summed E-state index contributed by atoms with van der Waals surface area (Å²) in [4.78, 5) is 15.2. The first kappa shape index (κ1) is 15.2. The maximum absolute atomic E-state index is 11.1. The molecule has 3 atom stereocenters. The number of benzene rings is 1. The summed E-state index contributed by atoms with van der Waals surface area (Å²) < 4.78 is 0. The van der Waals surface area contributed by atoms with Gasteiger partial charge < -0.3 is 10.4 Å². The fourth-order valence-electron chi connectivity index (χ4n) is 2.21. The van der Waals surface area contributed by atoms with Gasteiger partial charge in [-0.25, -0.2) is 0 Å². The first-order chi connectivity index (χ1) is 10.1. The molecule has 1 heterocycles. The highest BCUT2D eigenvalue weighted by molar-refractivity contribution is 5.70. The Labute approximate surface area is 124 Å². The molecule has 0 bridgehead atoms. The van der Waals surface area contributed by atoms with Crippen LogP contribution in [0.5, 0.6) is 0 Å². The second kappa shape index (κ2) is 6.99. The quantitative estimate of drug-likeness (QED) is 0.856. The highest BCUT2D eigenvalue weighted by Crippen LogP contribution is 2.23. The van der Waals surface area contributed by atoms with Crippen LogP contribution in [0.1, 0.15) is 31.0 Å². The monoisotopic (exact) mass is 284 g/mol. The Hall–Kier alpha value is -2.20. The molecule has 4 heteroatoms. The summed E-state index contributed by atoms with van der Waals surface area (Å²) in [6.45, 7) is 3.62. The Morgan fingerprint density at radius 1 is 1.05 bits per heavy atom. The minimum absolute atomic E-state index is 0.0500. The van der Waals surface area contributed by atoms with Crippen molar-refractivity contribution < 1.29 is 9.90 Å². The molecule has 110 valence electrons. The van der Waals surface area contributed by atoms with Gasteiger partial charge >= 0.3 is 5.97 Å². The zero-order chi connectivity index (χ0) is 15.2. The number of hydrogen-bond donors (Lipinski definition) is 2. The van der Waals surface area contributed by atoms with Crippen molar-refractivity contribution in [2.24, 2.45) is 5.92 Å². The summed E-state index contributed by atoms with van der Waals surface area (Å²) in [6, 6.07) is 13.7. The highest BCUT2D eigenvalue weighted by atomic mass is 16.4. The lowest BCUT2D eigenvalue weighted by atomic mass is 9.96. The molecule has 0 amide bonds. The number of nitrogens with zero attached hydrogens (tertiary/aromatic N) is 1. The summed E-state index contributed by atoms with van der Waals surface area (Å²) in [5, 5.41) is 12.6. The molecule has 2 aromatic rings. The molecule has 1 aromatic carbocycles. The number of aliphatic carboxylic acids is 1. The van der Waals surface area contributed by atoms with E-state index >= 15 is 0 Å². The number of nitrogens with one attached hydrogen (secondary N) is 1. The number of carboxylic acids is 1. The summed E-state index contributed by atoms with van der Waals surface area (Å²) in [7, 11) is 0.